The van der Waals surface area contributed by atoms with Crippen LogP contribution in [0, 0.1) is 38.5 Å². The Balaban J connectivity index is 2.00. The molecule has 1 aliphatic carbocycles. The number of hydrogen-bond acceptors (Lipinski definition) is 7. The summed E-state index contributed by atoms with van der Waals surface area (Å²) in [5, 5.41) is 21.0. The Morgan fingerprint density at radius 2 is 2.00 bits per heavy atom. The molecule has 1 atom stereocenters. The number of thiophene rings is 1. The standard InChI is InChI=1S/C22H18F2N4O3S/c1-22(2)8-15-20(16(29)9-22)19(17-5-6-18(32-17)28(30)31)12(10-25)21(26)27(15)14-4-3-11(23)7-13(14)24/h3-7,19H,8-9,26H2,1-2H3. The number of nitrogens with two attached hydrogens (primary N) is 1. The molecular formula is C22H18F2N4O3S. The molecule has 2 N–H and O–H groups in total. The predicted octanol–water partition coefficient (Wildman–Crippen LogP) is 4.88. The number of nitriles is 1. The lowest BCUT2D eigenvalue weighted by atomic mass is 9.69. The van der Waals surface area contributed by atoms with Crippen LogP contribution >= 0.6 is 11.3 Å². The lowest BCUT2D eigenvalue weighted by Gasteiger charge is -2.43. The number of carbonyl (C=O) groups excluding carboxylic acids is 1. The van der Waals surface area contributed by atoms with Crippen molar-refractivity contribution in [2.24, 2.45) is 11.1 Å². The van der Waals surface area contributed by atoms with Gasteiger partial charge in [-0.1, -0.05) is 25.2 Å². The Morgan fingerprint density at radius 3 is 2.59 bits per heavy atom. The summed E-state index contributed by atoms with van der Waals surface area (Å²) in [6.45, 7) is 3.77. The Morgan fingerprint density at radius 1 is 1.28 bits per heavy atom. The quantitative estimate of drug-likeness (QED) is 0.520. The highest BCUT2D eigenvalue weighted by molar-refractivity contribution is 7.15. The van der Waals surface area contributed by atoms with Crippen molar-refractivity contribution < 1.29 is 18.5 Å². The number of anilines is 1. The number of halogens is 2. The lowest BCUT2D eigenvalue weighted by Crippen LogP contribution is -2.42. The summed E-state index contributed by atoms with van der Waals surface area (Å²) in [5.74, 6) is -2.90. The minimum absolute atomic E-state index is 0.0164. The van der Waals surface area contributed by atoms with E-state index in [0.717, 1.165) is 17.4 Å². The van der Waals surface area contributed by atoms with E-state index in [1.54, 1.807) is 0 Å². The van der Waals surface area contributed by atoms with E-state index in [0.29, 0.717) is 23.1 Å². The van der Waals surface area contributed by atoms with E-state index >= 15 is 0 Å². The molecule has 0 amide bonds. The van der Waals surface area contributed by atoms with Crippen molar-refractivity contribution in [2.75, 3.05) is 4.90 Å². The summed E-state index contributed by atoms with van der Waals surface area (Å²) in [5.41, 5.74) is 6.46. The van der Waals surface area contributed by atoms with Gasteiger partial charge >= 0.3 is 5.00 Å². The second kappa shape index (κ2) is 7.53. The van der Waals surface area contributed by atoms with E-state index in [2.05, 4.69) is 0 Å². The fraction of sp³-hybridized carbons (Fsp3) is 0.273. The van der Waals surface area contributed by atoms with Crippen molar-refractivity contribution in [1.82, 2.24) is 0 Å². The molecule has 0 saturated heterocycles. The molecule has 4 rings (SSSR count). The van der Waals surface area contributed by atoms with Crippen molar-refractivity contribution in [2.45, 2.75) is 32.6 Å². The first kappa shape index (κ1) is 21.6. The van der Waals surface area contributed by atoms with Gasteiger partial charge < -0.3 is 5.73 Å². The fourth-order valence-corrected chi connectivity index (χ4v) is 5.27. The van der Waals surface area contributed by atoms with Crippen LogP contribution < -0.4 is 10.6 Å². The van der Waals surface area contributed by atoms with E-state index in [1.807, 2.05) is 19.9 Å². The number of nitrogens with zero attached hydrogens (tertiary/aromatic N) is 3. The molecule has 1 unspecified atom stereocenters. The number of allylic oxidation sites excluding steroid dienone is 3. The molecule has 2 aliphatic rings. The highest BCUT2D eigenvalue weighted by Crippen LogP contribution is 2.51. The normalized spacial score (nSPS) is 20.3. The third-order valence-electron chi connectivity index (χ3n) is 5.61. The topological polar surface area (TPSA) is 113 Å². The van der Waals surface area contributed by atoms with Crippen LogP contribution in [0.4, 0.5) is 19.5 Å². The number of carbonyl (C=O) groups is 1. The van der Waals surface area contributed by atoms with Crippen LogP contribution in [0.15, 0.2) is 53.0 Å². The van der Waals surface area contributed by atoms with E-state index in [9.17, 15) is 29.0 Å². The highest BCUT2D eigenvalue weighted by Gasteiger charge is 2.45. The van der Waals surface area contributed by atoms with Gasteiger partial charge in [0.2, 0.25) is 0 Å². The largest absolute Gasteiger partial charge is 0.384 e. The third kappa shape index (κ3) is 3.44. The number of nitro groups is 1. The second-order valence-corrected chi connectivity index (χ2v) is 9.60. The first-order valence-corrected chi connectivity index (χ1v) is 10.5. The Labute approximate surface area is 186 Å². The molecule has 1 aromatic heterocycles. The third-order valence-corrected chi connectivity index (χ3v) is 6.71. The van der Waals surface area contributed by atoms with E-state index in [4.69, 9.17) is 5.73 Å². The first-order valence-electron chi connectivity index (χ1n) is 9.69. The maximum atomic E-state index is 14.8. The van der Waals surface area contributed by atoms with Crippen LogP contribution in [0.3, 0.4) is 0 Å². The van der Waals surface area contributed by atoms with Crippen molar-refractivity contribution in [3.63, 3.8) is 0 Å². The minimum Gasteiger partial charge on any atom is -0.384 e. The molecule has 7 nitrogen and oxygen atoms in total. The number of Topliss-reactive ketones (excluding diaryl/α,β-unsaturated/α-hetero) is 1. The Hall–Kier alpha value is -3.58. The molecule has 2 heterocycles. The number of rotatable bonds is 3. The fourth-order valence-electron chi connectivity index (χ4n) is 4.33. The van der Waals surface area contributed by atoms with Gasteiger partial charge in [-0.05, 0) is 30.0 Å². The van der Waals surface area contributed by atoms with Crippen molar-refractivity contribution in [3.05, 3.63) is 79.6 Å². The van der Waals surface area contributed by atoms with E-state index in [-0.39, 0.29) is 39.9 Å². The Kier molecular flexibility index (Phi) is 5.09. The van der Waals surface area contributed by atoms with Gasteiger partial charge in [-0.15, -0.1) is 0 Å². The number of ketones is 1. The smallest absolute Gasteiger partial charge is 0.324 e. The zero-order valence-electron chi connectivity index (χ0n) is 17.2. The maximum absolute atomic E-state index is 14.8. The van der Waals surface area contributed by atoms with Gasteiger partial charge in [-0.25, -0.2) is 8.78 Å². The summed E-state index contributed by atoms with van der Waals surface area (Å²) in [7, 11) is 0. The molecule has 32 heavy (non-hydrogen) atoms. The number of benzene rings is 1. The van der Waals surface area contributed by atoms with Crippen LogP contribution in [0.1, 0.15) is 37.5 Å². The van der Waals surface area contributed by atoms with Crippen molar-refractivity contribution >= 4 is 27.8 Å². The van der Waals surface area contributed by atoms with Crippen LogP contribution in [0.25, 0.3) is 0 Å². The first-order chi connectivity index (χ1) is 15.0. The molecule has 2 aromatic rings. The Bertz CT molecular complexity index is 1270. The van der Waals surface area contributed by atoms with Gasteiger partial charge in [0.1, 0.15) is 17.5 Å². The molecule has 10 heteroatoms. The van der Waals surface area contributed by atoms with Crippen molar-refractivity contribution in [3.8, 4) is 6.07 Å². The van der Waals surface area contributed by atoms with Gasteiger partial charge in [-0.3, -0.25) is 19.8 Å². The zero-order valence-corrected chi connectivity index (χ0v) is 18.0. The molecule has 164 valence electrons. The second-order valence-electron chi connectivity index (χ2n) is 8.51. The van der Waals surface area contributed by atoms with Gasteiger partial charge in [0, 0.05) is 34.7 Å². The van der Waals surface area contributed by atoms with E-state index in [1.165, 1.54) is 23.1 Å². The summed E-state index contributed by atoms with van der Waals surface area (Å²) in [4.78, 5) is 25.7. The summed E-state index contributed by atoms with van der Waals surface area (Å²) >= 11 is 0.860. The van der Waals surface area contributed by atoms with Crippen LogP contribution in [-0.4, -0.2) is 10.7 Å². The minimum atomic E-state index is -0.892. The predicted molar refractivity (Wildman–Crippen MR) is 114 cm³/mol. The van der Waals surface area contributed by atoms with Crippen LogP contribution in [0.2, 0.25) is 0 Å². The molecule has 0 spiro atoms. The molecule has 0 saturated carbocycles. The van der Waals surface area contributed by atoms with Gasteiger partial charge in [0.05, 0.1) is 28.2 Å². The molecule has 1 aliphatic heterocycles. The average molecular weight is 456 g/mol. The average Bonchev–Trinajstić information content (AvgIpc) is 3.17. The monoisotopic (exact) mass is 456 g/mol. The van der Waals surface area contributed by atoms with Crippen molar-refractivity contribution in [1.29, 1.82) is 5.26 Å². The summed E-state index contributed by atoms with van der Waals surface area (Å²) < 4.78 is 28.3. The maximum Gasteiger partial charge on any atom is 0.324 e. The van der Waals surface area contributed by atoms with Crippen LogP contribution in [0.5, 0.6) is 0 Å². The SMILES string of the molecule is CC1(C)CC(=O)C2=C(C1)N(c1ccc(F)cc1F)C(N)=C(C#N)C2c1ccc([N+](=O)[O-])s1. The summed E-state index contributed by atoms with van der Waals surface area (Å²) in [6, 6.07) is 7.82. The number of hydrogen-bond donors (Lipinski definition) is 1. The van der Waals surface area contributed by atoms with Gasteiger partial charge in [0.15, 0.2) is 5.78 Å². The molecule has 0 fully saturated rings. The molecule has 0 radical (unpaired) electrons. The van der Waals surface area contributed by atoms with E-state index < -0.39 is 27.9 Å². The van der Waals surface area contributed by atoms with Gasteiger partial charge in [-0.2, -0.15) is 5.26 Å². The zero-order chi connectivity index (χ0) is 23.4. The molecular weight excluding hydrogens is 438 g/mol. The lowest BCUT2D eigenvalue weighted by molar-refractivity contribution is -0.380. The molecule has 1 aromatic carbocycles. The summed E-state index contributed by atoms with van der Waals surface area (Å²) in [6.07, 6.45) is 0.530. The molecule has 0 bridgehead atoms. The van der Waals surface area contributed by atoms with Crippen LogP contribution in [-0.2, 0) is 4.79 Å². The highest BCUT2D eigenvalue weighted by atomic mass is 32.1. The van der Waals surface area contributed by atoms with Gasteiger partial charge in [0.25, 0.3) is 0 Å².